The molecule has 0 fully saturated rings. The van der Waals surface area contributed by atoms with Gasteiger partial charge >= 0.3 is 0 Å². The van der Waals surface area contributed by atoms with Crippen LogP contribution in [-0.2, 0) is 5.45 Å². The van der Waals surface area contributed by atoms with Crippen LogP contribution in [0.1, 0.15) is 0 Å². The molecule has 0 unspecified atom stereocenters. The van der Waals surface area contributed by atoms with Gasteiger partial charge in [-0.15, -0.1) is 11.3 Å². The molecule has 1 nitrogen and oxygen atoms in total. The van der Waals surface area contributed by atoms with E-state index in [0.29, 0.717) is 0 Å². The SMILES string of the molecule is S=c1sc2ccccc2n1CBr. The van der Waals surface area contributed by atoms with E-state index in [4.69, 9.17) is 12.2 Å². The Morgan fingerprint density at radius 2 is 2.17 bits per heavy atom. The number of benzene rings is 1. The molecule has 1 heterocycles. The highest BCUT2D eigenvalue weighted by molar-refractivity contribution is 9.08. The van der Waals surface area contributed by atoms with Gasteiger partial charge in [0.05, 0.1) is 15.7 Å². The molecule has 0 radical (unpaired) electrons. The molecular weight excluding hydrogens is 254 g/mol. The molecule has 0 spiro atoms. The summed E-state index contributed by atoms with van der Waals surface area (Å²) in [5, 5.41) is 0. The molecule has 1 aromatic carbocycles. The van der Waals surface area contributed by atoms with Gasteiger partial charge in [0.15, 0.2) is 3.95 Å². The van der Waals surface area contributed by atoms with Crippen LogP contribution in [0.3, 0.4) is 0 Å². The lowest BCUT2D eigenvalue weighted by Crippen LogP contribution is -1.88. The lowest BCUT2D eigenvalue weighted by Gasteiger charge is -1.96. The standard InChI is InChI=1S/C8H6BrNS2/c9-5-10-6-3-1-2-4-7(6)12-8(10)11/h1-4H,5H2. The summed E-state index contributed by atoms with van der Waals surface area (Å²) in [5.74, 6) is 0. The number of alkyl halides is 1. The molecule has 0 bridgehead atoms. The largest absolute Gasteiger partial charge is 0.312 e. The first kappa shape index (κ1) is 8.41. The molecular formula is C8H6BrNS2. The van der Waals surface area contributed by atoms with E-state index in [0.717, 1.165) is 9.41 Å². The van der Waals surface area contributed by atoms with Crippen LogP contribution in [0.2, 0.25) is 0 Å². The van der Waals surface area contributed by atoms with Crippen LogP contribution >= 0.6 is 39.5 Å². The molecule has 0 saturated carbocycles. The van der Waals surface area contributed by atoms with E-state index in [-0.39, 0.29) is 0 Å². The molecule has 0 aliphatic rings. The highest BCUT2D eigenvalue weighted by atomic mass is 79.9. The number of halogens is 1. The Balaban J connectivity index is 2.91. The first-order chi connectivity index (χ1) is 5.83. The summed E-state index contributed by atoms with van der Waals surface area (Å²) in [5.41, 5.74) is 1.99. The molecule has 0 saturated heterocycles. The third-order valence-corrected chi connectivity index (χ3v) is 3.63. The van der Waals surface area contributed by atoms with Gasteiger partial charge in [0.25, 0.3) is 0 Å². The van der Waals surface area contributed by atoms with Crippen LogP contribution in [0, 0.1) is 3.95 Å². The van der Waals surface area contributed by atoms with E-state index in [2.05, 4.69) is 32.6 Å². The molecule has 0 aliphatic carbocycles. The Labute approximate surface area is 87.8 Å². The fraction of sp³-hybridized carbons (Fsp3) is 0.125. The number of rotatable bonds is 1. The topological polar surface area (TPSA) is 4.93 Å². The molecule has 0 aliphatic heterocycles. The van der Waals surface area contributed by atoms with Gasteiger partial charge in [-0.1, -0.05) is 28.1 Å². The van der Waals surface area contributed by atoms with E-state index >= 15 is 0 Å². The van der Waals surface area contributed by atoms with E-state index in [1.54, 1.807) is 11.3 Å². The summed E-state index contributed by atoms with van der Waals surface area (Å²) in [6.45, 7) is 0. The smallest absolute Gasteiger partial charge is 0.162 e. The summed E-state index contributed by atoms with van der Waals surface area (Å²) in [4.78, 5) is 0. The van der Waals surface area contributed by atoms with E-state index in [9.17, 15) is 0 Å². The number of thiazole rings is 1. The van der Waals surface area contributed by atoms with Crippen LogP contribution in [-0.4, -0.2) is 4.57 Å². The minimum Gasteiger partial charge on any atom is -0.312 e. The Morgan fingerprint density at radius 3 is 2.92 bits per heavy atom. The Morgan fingerprint density at radius 1 is 1.42 bits per heavy atom. The van der Waals surface area contributed by atoms with Crippen molar-refractivity contribution < 1.29 is 0 Å². The maximum absolute atomic E-state index is 5.20. The summed E-state index contributed by atoms with van der Waals surface area (Å²) >= 11 is 10.3. The normalized spacial score (nSPS) is 10.8. The average molecular weight is 260 g/mol. The first-order valence-electron chi connectivity index (χ1n) is 3.47. The second-order valence-corrected chi connectivity index (χ2v) is 4.56. The predicted molar refractivity (Wildman–Crippen MR) is 59.6 cm³/mol. The summed E-state index contributed by atoms with van der Waals surface area (Å²) in [7, 11) is 0. The fourth-order valence-corrected chi connectivity index (χ4v) is 3.30. The van der Waals surface area contributed by atoms with Crippen LogP contribution in [0.5, 0.6) is 0 Å². The third kappa shape index (κ3) is 1.24. The lowest BCUT2D eigenvalue weighted by molar-refractivity contribution is 0.950. The van der Waals surface area contributed by atoms with Crippen LogP contribution in [0.25, 0.3) is 10.2 Å². The molecule has 1 aromatic heterocycles. The number of nitrogens with zero attached hydrogens (tertiary/aromatic N) is 1. The lowest BCUT2D eigenvalue weighted by atomic mass is 10.3. The highest BCUT2D eigenvalue weighted by Gasteiger charge is 2.00. The van der Waals surface area contributed by atoms with Crippen molar-refractivity contribution in [3.8, 4) is 0 Å². The molecule has 12 heavy (non-hydrogen) atoms. The van der Waals surface area contributed by atoms with Gasteiger partial charge in [0.2, 0.25) is 0 Å². The quantitative estimate of drug-likeness (QED) is 0.558. The van der Waals surface area contributed by atoms with E-state index < -0.39 is 0 Å². The van der Waals surface area contributed by atoms with Gasteiger partial charge in [-0.3, -0.25) is 0 Å². The molecule has 0 atom stereocenters. The highest BCUT2D eigenvalue weighted by Crippen LogP contribution is 2.23. The van der Waals surface area contributed by atoms with E-state index in [1.807, 2.05) is 12.1 Å². The van der Waals surface area contributed by atoms with Crippen molar-refractivity contribution in [2.75, 3.05) is 0 Å². The van der Waals surface area contributed by atoms with Gasteiger partial charge in [-0.05, 0) is 24.4 Å². The van der Waals surface area contributed by atoms with Gasteiger partial charge in [0.1, 0.15) is 0 Å². The molecule has 0 amide bonds. The second kappa shape index (κ2) is 3.28. The number of fused-ring (bicyclic) bond motifs is 1. The minimum absolute atomic E-state index is 0.774. The van der Waals surface area contributed by atoms with Gasteiger partial charge in [0, 0.05) is 0 Å². The van der Waals surface area contributed by atoms with Gasteiger partial charge < -0.3 is 4.57 Å². The zero-order valence-corrected chi connectivity index (χ0v) is 9.38. The van der Waals surface area contributed by atoms with Crippen LogP contribution in [0.4, 0.5) is 0 Å². The number of para-hydroxylation sites is 1. The third-order valence-electron chi connectivity index (χ3n) is 1.69. The van der Waals surface area contributed by atoms with Crippen LogP contribution in [0.15, 0.2) is 24.3 Å². The van der Waals surface area contributed by atoms with Gasteiger partial charge in [-0.2, -0.15) is 0 Å². The zero-order chi connectivity index (χ0) is 8.55. The van der Waals surface area contributed by atoms with Crippen LogP contribution < -0.4 is 0 Å². The summed E-state index contributed by atoms with van der Waals surface area (Å²) in [6, 6.07) is 8.24. The number of hydrogen-bond acceptors (Lipinski definition) is 2. The van der Waals surface area contributed by atoms with Crippen molar-refractivity contribution in [3.63, 3.8) is 0 Å². The van der Waals surface area contributed by atoms with Crippen molar-refractivity contribution in [2.45, 2.75) is 5.45 Å². The summed E-state index contributed by atoms with van der Waals surface area (Å²) in [6.07, 6.45) is 0. The predicted octanol–water partition coefficient (Wildman–Crippen LogP) is 3.78. The van der Waals surface area contributed by atoms with Crippen molar-refractivity contribution in [1.29, 1.82) is 0 Å². The maximum Gasteiger partial charge on any atom is 0.162 e. The number of aromatic nitrogens is 1. The molecule has 62 valence electrons. The molecule has 0 N–H and O–H groups in total. The number of hydrogen-bond donors (Lipinski definition) is 0. The van der Waals surface area contributed by atoms with Crippen molar-refractivity contribution >= 4 is 49.7 Å². The molecule has 2 rings (SSSR count). The minimum atomic E-state index is 0.774. The second-order valence-electron chi connectivity index (χ2n) is 2.38. The summed E-state index contributed by atoms with van der Waals surface area (Å²) < 4.78 is 4.25. The Bertz CT molecular complexity index is 457. The maximum atomic E-state index is 5.20. The Kier molecular flexibility index (Phi) is 2.30. The first-order valence-corrected chi connectivity index (χ1v) is 5.82. The Hall–Kier alpha value is -0.190. The van der Waals surface area contributed by atoms with Crippen molar-refractivity contribution in [1.82, 2.24) is 4.57 Å². The fourth-order valence-electron chi connectivity index (χ4n) is 1.13. The van der Waals surface area contributed by atoms with Crippen molar-refractivity contribution in [3.05, 3.63) is 28.2 Å². The average Bonchev–Trinajstić information content (AvgIpc) is 2.40. The van der Waals surface area contributed by atoms with Gasteiger partial charge in [-0.25, -0.2) is 0 Å². The van der Waals surface area contributed by atoms with E-state index in [1.165, 1.54) is 10.2 Å². The molecule has 4 heteroatoms. The zero-order valence-electron chi connectivity index (χ0n) is 6.16. The monoisotopic (exact) mass is 259 g/mol. The van der Waals surface area contributed by atoms with Crippen molar-refractivity contribution in [2.24, 2.45) is 0 Å². The molecule has 2 aromatic rings.